The van der Waals surface area contributed by atoms with Crippen molar-refractivity contribution >= 4 is 12.4 Å². The largest absolute Gasteiger partial charge is 0.497 e. The first-order valence-corrected chi connectivity index (χ1v) is 6.18. The molecule has 1 unspecified atom stereocenters. The first kappa shape index (κ1) is 16.9. The highest BCUT2D eigenvalue weighted by molar-refractivity contribution is 5.85. The van der Waals surface area contributed by atoms with Crippen molar-refractivity contribution in [2.45, 2.75) is 12.1 Å². The highest BCUT2D eigenvalue weighted by Crippen LogP contribution is 2.25. The van der Waals surface area contributed by atoms with E-state index in [9.17, 15) is 10.1 Å². The van der Waals surface area contributed by atoms with Crippen LogP contribution in [0, 0.1) is 10.1 Å². The summed E-state index contributed by atoms with van der Waals surface area (Å²) in [6.45, 7) is 0. The van der Waals surface area contributed by atoms with Gasteiger partial charge in [0, 0.05) is 10.5 Å². The molecule has 6 heteroatoms. The molecule has 0 aromatic heterocycles. The molecule has 0 aliphatic carbocycles. The molecule has 112 valence electrons. The summed E-state index contributed by atoms with van der Waals surface area (Å²) in [4.78, 5) is 11.0. The van der Waals surface area contributed by atoms with E-state index in [1.165, 1.54) is 0 Å². The number of hydrogen-bond acceptors (Lipinski definition) is 4. The van der Waals surface area contributed by atoms with E-state index >= 15 is 0 Å². The first-order valence-electron chi connectivity index (χ1n) is 6.18. The molecule has 0 aliphatic heterocycles. The second kappa shape index (κ2) is 7.06. The Kier molecular flexibility index (Phi) is 5.69. The van der Waals surface area contributed by atoms with Crippen molar-refractivity contribution < 1.29 is 9.66 Å². The standard InChI is InChI=1S/C15H16N2O3.ClH/c1-20-14-9-7-13(8-10-14)15(16,17(18)19)11-12-5-3-2-4-6-12;/h2-10H,11,16H2,1H3;1H. The maximum absolute atomic E-state index is 11.4. The van der Waals surface area contributed by atoms with E-state index in [1.54, 1.807) is 31.4 Å². The maximum atomic E-state index is 11.4. The van der Waals surface area contributed by atoms with E-state index in [-0.39, 0.29) is 18.8 Å². The van der Waals surface area contributed by atoms with Crippen molar-refractivity contribution in [3.05, 3.63) is 75.8 Å². The number of hydrogen-bond donors (Lipinski definition) is 1. The number of methoxy groups -OCH3 is 1. The molecule has 0 saturated carbocycles. The molecule has 2 aromatic carbocycles. The fraction of sp³-hybridized carbons (Fsp3) is 0.200. The molecule has 0 bridgehead atoms. The SMILES string of the molecule is COc1ccc(C(N)(Cc2ccccc2)[N+](=O)[O-])cc1.Cl. The Bertz CT molecular complexity index is 590. The van der Waals surface area contributed by atoms with Gasteiger partial charge in [-0.2, -0.15) is 0 Å². The predicted octanol–water partition coefficient (Wildman–Crippen LogP) is 2.75. The monoisotopic (exact) mass is 308 g/mol. The lowest BCUT2D eigenvalue weighted by atomic mass is 9.93. The van der Waals surface area contributed by atoms with Gasteiger partial charge in [-0.3, -0.25) is 15.8 Å². The average Bonchev–Trinajstić information content (AvgIpc) is 2.48. The maximum Gasteiger partial charge on any atom is 0.302 e. The summed E-state index contributed by atoms with van der Waals surface area (Å²) < 4.78 is 5.05. The second-order valence-electron chi connectivity index (χ2n) is 4.57. The lowest BCUT2D eigenvalue weighted by Crippen LogP contribution is -2.46. The van der Waals surface area contributed by atoms with Gasteiger partial charge in [0.1, 0.15) is 5.75 Å². The van der Waals surface area contributed by atoms with Crippen LogP contribution in [0.4, 0.5) is 0 Å². The van der Waals surface area contributed by atoms with Crippen LogP contribution in [0.15, 0.2) is 54.6 Å². The molecule has 0 fully saturated rings. The van der Waals surface area contributed by atoms with Crippen LogP contribution in [-0.4, -0.2) is 12.0 Å². The molecule has 0 spiro atoms. The van der Waals surface area contributed by atoms with Crippen LogP contribution in [0.3, 0.4) is 0 Å². The highest BCUT2D eigenvalue weighted by atomic mass is 35.5. The topological polar surface area (TPSA) is 78.4 Å². The Labute approximate surface area is 129 Å². The average molecular weight is 309 g/mol. The summed E-state index contributed by atoms with van der Waals surface area (Å²) in [6.07, 6.45) is 0.132. The lowest BCUT2D eigenvalue weighted by Gasteiger charge is -2.21. The Morgan fingerprint density at radius 1 is 1.14 bits per heavy atom. The lowest BCUT2D eigenvalue weighted by molar-refractivity contribution is -0.578. The zero-order valence-electron chi connectivity index (χ0n) is 11.6. The highest BCUT2D eigenvalue weighted by Gasteiger charge is 2.40. The molecule has 0 radical (unpaired) electrons. The van der Waals surface area contributed by atoms with E-state index < -0.39 is 10.6 Å². The van der Waals surface area contributed by atoms with Crippen molar-refractivity contribution in [3.8, 4) is 5.75 Å². The molecule has 0 aliphatic rings. The quantitative estimate of drug-likeness (QED) is 0.523. The molecule has 5 nitrogen and oxygen atoms in total. The van der Waals surface area contributed by atoms with Crippen LogP contribution in [0.1, 0.15) is 11.1 Å². The van der Waals surface area contributed by atoms with Crippen molar-refractivity contribution in [2.75, 3.05) is 7.11 Å². The molecule has 21 heavy (non-hydrogen) atoms. The van der Waals surface area contributed by atoms with E-state index in [1.807, 2.05) is 30.3 Å². The van der Waals surface area contributed by atoms with Crippen LogP contribution < -0.4 is 10.5 Å². The number of nitrogens with two attached hydrogens (primary N) is 1. The van der Waals surface area contributed by atoms with Gasteiger partial charge in [-0.15, -0.1) is 12.4 Å². The van der Waals surface area contributed by atoms with Gasteiger partial charge in [0.2, 0.25) is 0 Å². The molecular weight excluding hydrogens is 292 g/mol. The second-order valence-corrected chi connectivity index (χ2v) is 4.57. The first-order chi connectivity index (χ1) is 9.56. The van der Waals surface area contributed by atoms with Crippen molar-refractivity contribution in [3.63, 3.8) is 0 Å². The summed E-state index contributed by atoms with van der Waals surface area (Å²) in [5, 5.41) is 11.4. The van der Waals surface area contributed by atoms with E-state index in [2.05, 4.69) is 0 Å². The summed E-state index contributed by atoms with van der Waals surface area (Å²) in [7, 11) is 1.54. The van der Waals surface area contributed by atoms with Gasteiger partial charge >= 0.3 is 5.66 Å². The van der Waals surface area contributed by atoms with Gasteiger partial charge in [-0.1, -0.05) is 30.3 Å². The summed E-state index contributed by atoms with van der Waals surface area (Å²) >= 11 is 0. The molecule has 2 rings (SSSR count). The van der Waals surface area contributed by atoms with Gasteiger partial charge in [0.15, 0.2) is 0 Å². The number of nitro groups is 1. The Morgan fingerprint density at radius 2 is 1.71 bits per heavy atom. The number of rotatable bonds is 5. The van der Waals surface area contributed by atoms with Gasteiger partial charge in [0.25, 0.3) is 0 Å². The minimum Gasteiger partial charge on any atom is -0.497 e. The van der Waals surface area contributed by atoms with Crippen LogP contribution in [0.25, 0.3) is 0 Å². The predicted molar refractivity (Wildman–Crippen MR) is 83.2 cm³/mol. The van der Waals surface area contributed by atoms with Crippen LogP contribution in [0.5, 0.6) is 5.75 Å². The number of nitrogens with zero attached hydrogens (tertiary/aromatic N) is 1. The van der Waals surface area contributed by atoms with Crippen molar-refractivity contribution in [1.29, 1.82) is 0 Å². The Balaban J connectivity index is 0.00000220. The molecule has 1 atom stereocenters. The van der Waals surface area contributed by atoms with Gasteiger partial charge in [-0.05, 0) is 29.8 Å². The molecule has 0 heterocycles. The summed E-state index contributed by atoms with van der Waals surface area (Å²) in [6, 6.07) is 15.8. The number of halogens is 1. The van der Waals surface area contributed by atoms with E-state index in [0.717, 1.165) is 5.56 Å². The minimum atomic E-state index is -1.65. The third kappa shape index (κ3) is 3.71. The van der Waals surface area contributed by atoms with Crippen molar-refractivity contribution in [2.24, 2.45) is 5.73 Å². The van der Waals surface area contributed by atoms with E-state index in [0.29, 0.717) is 11.3 Å². The van der Waals surface area contributed by atoms with Crippen molar-refractivity contribution in [1.82, 2.24) is 0 Å². The molecule has 0 amide bonds. The number of benzene rings is 2. The molecule has 2 N–H and O–H groups in total. The zero-order valence-corrected chi connectivity index (χ0v) is 12.4. The smallest absolute Gasteiger partial charge is 0.302 e. The fourth-order valence-electron chi connectivity index (χ4n) is 2.06. The van der Waals surface area contributed by atoms with Gasteiger partial charge < -0.3 is 4.74 Å². The zero-order chi connectivity index (χ0) is 14.6. The molecule has 0 saturated heterocycles. The third-order valence-electron chi connectivity index (χ3n) is 3.23. The van der Waals surface area contributed by atoms with E-state index in [4.69, 9.17) is 10.5 Å². The summed E-state index contributed by atoms with van der Waals surface area (Å²) in [5.41, 5.74) is 5.67. The molecule has 2 aromatic rings. The fourth-order valence-corrected chi connectivity index (χ4v) is 2.06. The van der Waals surface area contributed by atoms with Gasteiger partial charge in [0.05, 0.1) is 13.5 Å². The Morgan fingerprint density at radius 3 is 2.19 bits per heavy atom. The van der Waals surface area contributed by atoms with Crippen LogP contribution in [0.2, 0.25) is 0 Å². The molecular formula is C15H17ClN2O3. The Hall–Kier alpha value is -2.11. The normalized spacial score (nSPS) is 12.9. The third-order valence-corrected chi connectivity index (χ3v) is 3.23. The van der Waals surface area contributed by atoms with Crippen LogP contribution >= 0.6 is 12.4 Å². The van der Waals surface area contributed by atoms with Crippen LogP contribution in [-0.2, 0) is 12.1 Å². The summed E-state index contributed by atoms with van der Waals surface area (Å²) in [5.74, 6) is 0.638. The van der Waals surface area contributed by atoms with Gasteiger partial charge in [-0.25, -0.2) is 0 Å². The number of ether oxygens (including phenoxy) is 1. The minimum absolute atomic E-state index is 0.